The zero-order valence-corrected chi connectivity index (χ0v) is 12.5. The second-order valence-electron chi connectivity index (χ2n) is 6.11. The van der Waals surface area contributed by atoms with E-state index in [0.717, 1.165) is 19.3 Å². The summed E-state index contributed by atoms with van der Waals surface area (Å²) in [5.41, 5.74) is 1.22. The van der Waals surface area contributed by atoms with Gasteiger partial charge < -0.3 is 10.6 Å². The van der Waals surface area contributed by atoms with E-state index >= 15 is 0 Å². The molecule has 0 saturated heterocycles. The number of nitrogens with zero attached hydrogens (tertiary/aromatic N) is 3. The lowest BCUT2D eigenvalue weighted by Crippen LogP contribution is -2.12. The number of benzene rings is 1. The van der Waals surface area contributed by atoms with E-state index in [0.29, 0.717) is 23.7 Å². The van der Waals surface area contributed by atoms with E-state index in [1.165, 1.54) is 11.8 Å². The molecular weight excluding hydrogens is 294 g/mol. The highest BCUT2D eigenvalue weighted by Gasteiger charge is 2.39. The number of aromatic nitrogens is 2. The fraction of sp³-hybridized carbons (Fsp3) is 0.375. The van der Waals surface area contributed by atoms with Crippen LogP contribution in [0.15, 0.2) is 36.5 Å². The predicted octanol–water partition coefficient (Wildman–Crippen LogP) is 2.93. The van der Waals surface area contributed by atoms with Gasteiger partial charge in [-0.2, -0.15) is 4.98 Å². The number of hydrogen-bond donors (Lipinski definition) is 2. The number of hydrogen-bond acceptors (Lipinski definition) is 6. The molecule has 2 fully saturated rings. The van der Waals surface area contributed by atoms with Crippen LogP contribution < -0.4 is 10.6 Å². The summed E-state index contributed by atoms with van der Waals surface area (Å²) in [6.07, 6.45) is 4.36. The zero-order valence-electron chi connectivity index (χ0n) is 12.5. The maximum absolute atomic E-state index is 11.1. The molecule has 0 aliphatic heterocycles. The Kier molecular flexibility index (Phi) is 3.33. The highest BCUT2D eigenvalue weighted by Crippen LogP contribution is 2.42. The normalized spacial score (nSPS) is 22.4. The van der Waals surface area contributed by atoms with Crippen molar-refractivity contribution < 1.29 is 4.92 Å². The first-order chi connectivity index (χ1) is 11.2. The smallest absolute Gasteiger partial charge is 0.329 e. The molecule has 23 heavy (non-hydrogen) atoms. The lowest BCUT2D eigenvalue weighted by molar-refractivity contribution is -0.384. The first kappa shape index (κ1) is 13.9. The van der Waals surface area contributed by atoms with E-state index in [2.05, 4.69) is 32.7 Å². The van der Waals surface area contributed by atoms with E-state index in [1.807, 2.05) is 18.2 Å². The van der Waals surface area contributed by atoms with Crippen molar-refractivity contribution in [3.8, 4) is 0 Å². The van der Waals surface area contributed by atoms with Gasteiger partial charge in [-0.05, 0) is 24.8 Å². The Morgan fingerprint density at radius 2 is 1.96 bits per heavy atom. The molecule has 1 aromatic heterocycles. The first-order valence-electron chi connectivity index (χ1n) is 7.80. The molecule has 0 bridgehead atoms. The lowest BCUT2D eigenvalue weighted by atomic mass is 10.1. The zero-order chi connectivity index (χ0) is 15.8. The molecule has 2 N–H and O–H groups in total. The summed E-state index contributed by atoms with van der Waals surface area (Å²) >= 11 is 0. The molecule has 2 saturated carbocycles. The summed E-state index contributed by atoms with van der Waals surface area (Å²) in [5, 5.41) is 17.5. The summed E-state index contributed by atoms with van der Waals surface area (Å²) in [4.78, 5) is 19.0. The summed E-state index contributed by atoms with van der Waals surface area (Å²) in [5.74, 6) is 1.21. The maximum Gasteiger partial charge on any atom is 0.329 e. The molecule has 0 spiro atoms. The fourth-order valence-electron chi connectivity index (χ4n) is 2.69. The molecule has 2 aromatic rings. The average Bonchev–Trinajstić information content (AvgIpc) is 3.45. The van der Waals surface area contributed by atoms with Crippen LogP contribution in [-0.2, 0) is 0 Å². The Morgan fingerprint density at radius 1 is 1.17 bits per heavy atom. The van der Waals surface area contributed by atoms with Crippen LogP contribution >= 0.6 is 0 Å². The summed E-state index contributed by atoms with van der Waals surface area (Å²) < 4.78 is 0. The van der Waals surface area contributed by atoms with Crippen LogP contribution in [0.5, 0.6) is 0 Å². The van der Waals surface area contributed by atoms with Crippen molar-refractivity contribution in [2.24, 2.45) is 0 Å². The Balaban J connectivity index is 1.48. The van der Waals surface area contributed by atoms with Gasteiger partial charge in [0.2, 0.25) is 11.8 Å². The molecular formula is C16H17N5O2. The van der Waals surface area contributed by atoms with Crippen LogP contribution in [0.3, 0.4) is 0 Å². The maximum atomic E-state index is 11.1. The quantitative estimate of drug-likeness (QED) is 0.629. The number of nitrogens with one attached hydrogen (secondary N) is 2. The van der Waals surface area contributed by atoms with Gasteiger partial charge in [-0.25, -0.2) is 4.98 Å². The van der Waals surface area contributed by atoms with Crippen molar-refractivity contribution >= 4 is 17.5 Å². The second kappa shape index (κ2) is 5.49. The van der Waals surface area contributed by atoms with E-state index < -0.39 is 4.92 Å². The number of nitro groups is 1. The van der Waals surface area contributed by atoms with Crippen LogP contribution in [0.25, 0.3) is 0 Å². The lowest BCUT2D eigenvalue weighted by Gasteiger charge is -2.08. The van der Waals surface area contributed by atoms with E-state index in [-0.39, 0.29) is 11.7 Å². The van der Waals surface area contributed by atoms with Crippen molar-refractivity contribution in [3.63, 3.8) is 0 Å². The van der Waals surface area contributed by atoms with Crippen molar-refractivity contribution in [2.75, 3.05) is 10.6 Å². The topological polar surface area (TPSA) is 93.0 Å². The van der Waals surface area contributed by atoms with E-state index in [4.69, 9.17) is 0 Å². The number of anilines is 2. The van der Waals surface area contributed by atoms with Gasteiger partial charge in [0, 0.05) is 18.0 Å². The van der Waals surface area contributed by atoms with Gasteiger partial charge in [-0.15, -0.1) is 0 Å². The third-order valence-corrected chi connectivity index (χ3v) is 4.22. The Labute approximate surface area is 133 Å². The third kappa shape index (κ3) is 3.08. The van der Waals surface area contributed by atoms with Crippen LogP contribution in [0, 0.1) is 10.1 Å². The fourth-order valence-corrected chi connectivity index (χ4v) is 2.69. The molecule has 2 atom stereocenters. The standard InChI is InChI=1S/C16H17N5O2/c22-21(23)14-9-17-16(20-15(14)18-11-6-7-11)19-13-8-12(13)10-4-2-1-3-5-10/h1-5,9,11-13H,6-8H2,(H2,17,18,19,20)/t12-,13+/m0/s1. The Bertz CT molecular complexity index is 733. The van der Waals surface area contributed by atoms with Gasteiger partial charge in [-0.1, -0.05) is 30.3 Å². The van der Waals surface area contributed by atoms with Crippen molar-refractivity contribution in [1.82, 2.24) is 9.97 Å². The average molecular weight is 311 g/mol. The molecule has 118 valence electrons. The minimum atomic E-state index is -0.446. The second-order valence-corrected chi connectivity index (χ2v) is 6.11. The van der Waals surface area contributed by atoms with Gasteiger partial charge in [0.25, 0.3) is 0 Å². The molecule has 2 aliphatic rings. The van der Waals surface area contributed by atoms with Crippen molar-refractivity contribution in [1.29, 1.82) is 0 Å². The van der Waals surface area contributed by atoms with Gasteiger partial charge >= 0.3 is 5.69 Å². The minimum absolute atomic E-state index is 0.0714. The third-order valence-electron chi connectivity index (χ3n) is 4.22. The van der Waals surface area contributed by atoms with Crippen LogP contribution in [0.1, 0.15) is 30.7 Å². The van der Waals surface area contributed by atoms with Gasteiger partial charge in [0.05, 0.1) is 4.92 Å². The Morgan fingerprint density at radius 3 is 2.65 bits per heavy atom. The molecule has 1 heterocycles. The molecule has 4 rings (SSSR count). The van der Waals surface area contributed by atoms with Crippen LogP contribution in [0.4, 0.5) is 17.5 Å². The molecule has 7 heteroatoms. The minimum Gasteiger partial charge on any atom is -0.361 e. The van der Waals surface area contributed by atoms with E-state index in [1.54, 1.807) is 0 Å². The molecule has 0 amide bonds. The van der Waals surface area contributed by atoms with Gasteiger partial charge in [0.1, 0.15) is 6.20 Å². The highest BCUT2D eigenvalue weighted by molar-refractivity contribution is 5.58. The summed E-state index contributed by atoms with van der Waals surface area (Å²) in [7, 11) is 0. The molecule has 0 radical (unpaired) electrons. The first-order valence-corrected chi connectivity index (χ1v) is 7.80. The summed E-state index contributed by atoms with van der Waals surface area (Å²) in [6, 6.07) is 10.9. The van der Waals surface area contributed by atoms with Gasteiger partial charge in [-0.3, -0.25) is 10.1 Å². The van der Waals surface area contributed by atoms with Crippen LogP contribution in [-0.4, -0.2) is 27.0 Å². The molecule has 1 aromatic carbocycles. The largest absolute Gasteiger partial charge is 0.361 e. The van der Waals surface area contributed by atoms with Crippen molar-refractivity contribution in [2.45, 2.75) is 37.3 Å². The summed E-state index contributed by atoms with van der Waals surface area (Å²) in [6.45, 7) is 0. The van der Waals surface area contributed by atoms with Crippen LogP contribution in [0.2, 0.25) is 0 Å². The number of rotatable bonds is 6. The predicted molar refractivity (Wildman–Crippen MR) is 86.5 cm³/mol. The molecule has 7 nitrogen and oxygen atoms in total. The molecule has 0 unspecified atom stereocenters. The van der Waals surface area contributed by atoms with Crippen molar-refractivity contribution in [3.05, 3.63) is 52.2 Å². The Hall–Kier alpha value is -2.70. The SMILES string of the molecule is O=[N+]([O-])c1cnc(N[C@@H]2C[C@H]2c2ccccc2)nc1NC1CC1. The highest BCUT2D eigenvalue weighted by atomic mass is 16.6. The van der Waals surface area contributed by atoms with E-state index in [9.17, 15) is 10.1 Å². The molecule has 2 aliphatic carbocycles. The monoisotopic (exact) mass is 311 g/mol. The van der Waals surface area contributed by atoms with Gasteiger partial charge in [0.15, 0.2) is 0 Å².